The van der Waals surface area contributed by atoms with Crippen molar-refractivity contribution in [2.75, 3.05) is 0 Å². The molecule has 0 bridgehead atoms. The van der Waals surface area contributed by atoms with E-state index >= 15 is 0 Å². The number of hydrogen-bond acceptors (Lipinski definition) is 2. The van der Waals surface area contributed by atoms with Gasteiger partial charge in [0.05, 0.1) is 16.0 Å². The van der Waals surface area contributed by atoms with Gasteiger partial charge in [0.1, 0.15) is 0 Å². The second kappa shape index (κ2) is 5.53. The molecule has 19 heavy (non-hydrogen) atoms. The van der Waals surface area contributed by atoms with Gasteiger partial charge < -0.3 is 5.11 Å². The molecular weight excluding hydrogens is 297 g/mol. The molecule has 2 rings (SSSR count). The quantitative estimate of drug-likeness (QED) is 0.871. The van der Waals surface area contributed by atoms with Crippen LogP contribution in [-0.2, 0) is 12.6 Å². The molecule has 0 aliphatic heterocycles. The second-order valence-corrected chi connectivity index (χ2v) is 5.81. The molecule has 1 heterocycles. The Labute approximate surface area is 117 Å². The zero-order chi connectivity index (χ0) is 14.0. The summed E-state index contributed by atoms with van der Waals surface area (Å²) in [4.78, 5) is 0.641. The minimum atomic E-state index is -4.37. The van der Waals surface area contributed by atoms with Crippen LogP contribution < -0.4 is 0 Å². The fourth-order valence-corrected chi connectivity index (χ4v) is 2.75. The lowest BCUT2D eigenvalue weighted by molar-refractivity contribution is -0.137. The zero-order valence-corrected chi connectivity index (χ0v) is 11.2. The minimum Gasteiger partial charge on any atom is -0.387 e. The Balaban J connectivity index is 2.15. The van der Waals surface area contributed by atoms with E-state index in [0.29, 0.717) is 14.8 Å². The molecule has 1 nitrogen and oxygen atoms in total. The third-order valence-electron chi connectivity index (χ3n) is 2.61. The maximum atomic E-state index is 12.6. The van der Waals surface area contributed by atoms with Crippen molar-refractivity contribution >= 4 is 22.9 Å². The van der Waals surface area contributed by atoms with Crippen molar-refractivity contribution in [1.82, 2.24) is 0 Å². The molecule has 2 aromatic rings. The second-order valence-electron chi connectivity index (χ2n) is 4.06. The summed E-state index contributed by atoms with van der Waals surface area (Å²) in [6.07, 6.45) is -5.09. The summed E-state index contributed by atoms with van der Waals surface area (Å²) >= 11 is 6.97. The van der Waals surface area contributed by atoms with Crippen molar-refractivity contribution in [2.45, 2.75) is 18.7 Å². The molecule has 1 aromatic carbocycles. The number of aliphatic hydroxyl groups is 1. The van der Waals surface area contributed by atoms with Gasteiger partial charge in [0, 0.05) is 11.3 Å². The summed E-state index contributed by atoms with van der Waals surface area (Å²) in [5, 5.41) is 9.95. The molecule has 0 aliphatic rings. The highest BCUT2D eigenvalue weighted by Gasteiger charge is 2.30. The average molecular weight is 307 g/mol. The third-order valence-corrected chi connectivity index (χ3v) is 3.94. The molecule has 0 radical (unpaired) electrons. The highest BCUT2D eigenvalue weighted by Crippen LogP contribution is 2.32. The zero-order valence-electron chi connectivity index (χ0n) is 9.62. The molecule has 1 unspecified atom stereocenters. The van der Waals surface area contributed by atoms with E-state index in [-0.39, 0.29) is 6.42 Å². The SMILES string of the molecule is OC(Cc1cccc(C(F)(F)F)c1)c1ccc(Cl)s1. The Morgan fingerprint density at radius 2 is 1.95 bits per heavy atom. The van der Waals surface area contributed by atoms with E-state index in [2.05, 4.69) is 0 Å². The summed E-state index contributed by atoms with van der Waals surface area (Å²) in [7, 11) is 0. The smallest absolute Gasteiger partial charge is 0.387 e. The standard InChI is InChI=1S/C13H10ClF3OS/c14-12-5-4-11(19-12)10(18)7-8-2-1-3-9(6-8)13(15,16)17/h1-6,10,18H,7H2. The van der Waals surface area contributed by atoms with Gasteiger partial charge in [-0.25, -0.2) is 0 Å². The number of thiophene rings is 1. The Kier molecular flexibility index (Phi) is 4.18. The van der Waals surface area contributed by atoms with Crippen molar-refractivity contribution in [3.05, 3.63) is 56.7 Å². The fraction of sp³-hybridized carbons (Fsp3) is 0.231. The van der Waals surface area contributed by atoms with Crippen LogP contribution in [-0.4, -0.2) is 5.11 Å². The first-order valence-electron chi connectivity index (χ1n) is 5.45. The fourth-order valence-electron chi connectivity index (χ4n) is 1.71. The summed E-state index contributed by atoms with van der Waals surface area (Å²) in [5.41, 5.74) is -0.270. The van der Waals surface area contributed by atoms with Crippen LogP contribution in [0.15, 0.2) is 36.4 Å². The van der Waals surface area contributed by atoms with Crippen molar-refractivity contribution in [1.29, 1.82) is 0 Å². The maximum Gasteiger partial charge on any atom is 0.416 e. The molecular formula is C13H10ClF3OS. The highest BCUT2D eigenvalue weighted by atomic mass is 35.5. The largest absolute Gasteiger partial charge is 0.416 e. The molecule has 0 saturated heterocycles. The predicted octanol–water partition coefficient (Wildman–Crippen LogP) is 4.70. The van der Waals surface area contributed by atoms with Gasteiger partial charge in [0.25, 0.3) is 0 Å². The topological polar surface area (TPSA) is 20.2 Å². The maximum absolute atomic E-state index is 12.6. The monoisotopic (exact) mass is 306 g/mol. The first-order chi connectivity index (χ1) is 8.86. The minimum absolute atomic E-state index is 0.126. The average Bonchev–Trinajstić information content (AvgIpc) is 2.75. The summed E-state index contributed by atoms with van der Waals surface area (Å²) < 4.78 is 38.2. The van der Waals surface area contributed by atoms with Crippen LogP contribution in [0.2, 0.25) is 4.34 Å². The molecule has 0 amide bonds. The van der Waals surface area contributed by atoms with Crippen molar-refractivity contribution in [3.8, 4) is 0 Å². The number of rotatable bonds is 3. The third kappa shape index (κ3) is 3.72. The van der Waals surface area contributed by atoms with E-state index in [1.165, 1.54) is 17.4 Å². The van der Waals surface area contributed by atoms with Gasteiger partial charge in [-0.15, -0.1) is 11.3 Å². The Bertz CT molecular complexity index is 565. The molecule has 102 valence electrons. The van der Waals surface area contributed by atoms with Crippen molar-refractivity contribution in [2.24, 2.45) is 0 Å². The van der Waals surface area contributed by atoms with Crippen LogP contribution in [0, 0.1) is 0 Å². The predicted molar refractivity (Wildman–Crippen MR) is 69.4 cm³/mol. The molecule has 0 fully saturated rings. The summed E-state index contributed by atoms with van der Waals surface area (Å²) in [6, 6.07) is 8.29. The van der Waals surface area contributed by atoms with E-state index < -0.39 is 17.8 Å². The van der Waals surface area contributed by atoms with Crippen LogP contribution in [0.5, 0.6) is 0 Å². The lowest BCUT2D eigenvalue weighted by Crippen LogP contribution is -2.06. The Hall–Kier alpha value is -1.04. The first-order valence-corrected chi connectivity index (χ1v) is 6.65. The van der Waals surface area contributed by atoms with E-state index in [1.807, 2.05) is 0 Å². The van der Waals surface area contributed by atoms with Gasteiger partial charge in [-0.05, 0) is 23.8 Å². The van der Waals surface area contributed by atoms with Crippen LogP contribution in [0.4, 0.5) is 13.2 Å². The van der Waals surface area contributed by atoms with Gasteiger partial charge in [0.2, 0.25) is 0 Å². The molecule has 0 spiro atoms. The lowest BCUT2D eigenvalue weighted by atomic mass is 10.0. The van der Waals surface area contributed by atoms with Gasteiger partial charge >= 0.3 is 6.18 Å². The lowest BCUT2D eigenvalue weighted by Gasteiger charge is -2.11. The van der Waals surface area contributed by atoms with Gasteiger partial charge in [0.15, 0.2) is 0 Å². The molecule has 1 aromatic heterocycles. The molecule has 1 atom stereocenters. The van der Waals surface area contributed by atoms with Crippen molar-refractivity contribution in [3.63, 3.8) is 0 Å². The number of benzene rings is 1. The van der Waals surface area contributed by atoms with E-state index in [0.717, 1.165) is 12.1 Å². The highest BCUT2D eigenvalue weighted by molar-refractivity contribution is 7.16. The van der Waals surface area contributed by atoms with Crippen molar-refractivity contribution < 1.29 is 18.3 Å². The Morgan fingerprint density at radius 3 is 2.53 bits per heavy atom. The molecule has 6 heteroatoms. The van der Waals surface area contributed by atoms with Crippen LogP contribution in [0.25, 0.3) is 0 Å². The van der Waals surface area contributed by atoms with Gasteiger partial charge in [-0.3, -0.25) is 0 Å². The normalized spacial score (nSPS) is 13.5. The number of alkyl halides is 3. The van der Waals surface area contributed by atoms with E-state index in [1.54, 1.807) is 18.2 Å². The molecule has 0 aliphatic carbocycles. The van der Waals surface area contributed by atoms with Gasteiger partial charge in [-0.1, -0.05) is 29.8 Å². The number of hydrogen-bond donors (Lipinski definition) is 1. The molecule has 0 saturated carbocycles. The number of aliphatic hydroxyl groups excluding tert-OH is 1. The Morgan fingerprint density at radius 1 is 1.21 bits per heavy atom. The first kappa shape index (κ1) is 14.4. The summed E-state index contributed by atoms with van der Waals surface area (Å²) in [5.74, 6) is 0. The van der Waals surface area contributed by atoms with Gasteiger partial charge in [-0.2, -0.15) is 13.2 Å². The van der Waals surface area contributed by atoms with E-state index in [4.69, 9.17) is 11.6 Å². The van der Waals surface area contributed by atoms with Crippen LogP contribution in [0.3, 0.4) is 0 Å². The number of halogens is 4. The van der Waals surface area contributed by atoms with Crippen LogP contribution in [0.1, 0.15) is 22.1 Å². The van der Waals surface area contributed by atoms with E-state index in [9.17, 15) is 18.3 Å². The molecule has 1 N–H and O–H groups in total. The van der Waals surface area contributed by atoms with Crippen LogP contribution >= 0.6 is 22.9 Å². The summed E-state index contributed by atoms with van der Waals surface area (Å²) in [6.45, 7) is 0.